The van der Waals surface area contributed by atoms with E-state index in [9.17, 15) is 9.18 Å². The number of rotatable bonds is 5. The first-order chi connectivity index (χ1) is 12.7. The molecule has 0 saturated heterocycles. The summed E-state index contributed by atoms with van der Waals surface area (Å²) in [5.74, 6) is -0.906. The summed E-state index contributed by atoms with van der Waals surface area (Å²) in [6.07, 6.45) is 0. The lowest BCUT2D eigenvalue weighted by molar-refractivity contribution is -0.146. The largest absolute Gasteiger partial charge is 0.489 e. The Hall–Kier alpha value is -3.11. The standard InChI is InChI=1S/C13H12FNO.C7H12N2O2/c14-12-8-11(6-7-13(12)15)16-9-10-4-2-1-3-5-10;1-5(2)7(9,4-8)6(10)11-3/h1-8H,9,15H2;5H,9H2,1-3H3. The number of halogens is 1. The fourth-order valence-electron chi connectivity index (χ4n) is 1.92. The van der Waals surface area contributed by atoms with Gasteiger partial charge in [-0.2, -0.15) is 5.26 Å². The van der Waals surface area contributed by atoms with Crippen LogP contribution in [0.1, 0.15) is 19.4 Å². The molecule has 0 heterocycles. The van der Waals surface area contributed by atoms with Crippen LogP contribution < -0.4 is 16.2 Å². The average molecular weight is 373 g/mol. The molecular weight excluding hydrogens is 349 g/mol. The summed E-state index contributed by atoms with van der Waals surface area (Å²) in [5, 5.41) is 8.58. The summed E-state index contributed by atoms with van der Waals surface area (Å²) >= 11 is 0. The van der Waals surface area contributed by atoms with Gasteiger partial charge in [0.1, 0.15) is 18.2 Å². The minimum atomic E-state index is -1.51. The zero-order valence-corrected chi connectivity index (χ0v) is 15.6. The van der Waals surface area contributed by atoms with E-state index in [1.165, 1.54) is 19.2 Å². The van der Waals surface area contributed by atoms with Gasteiger partial charge in [0, 0.05) is 6.07 Å². The van der Waals surface area contributed by atoms with Crippen molar-refractivity contribution in [3.63, 3.8) is 0 Å². The number of nitrogens with zero attached hydrogens (tertiary/aromatic N) is 1. The maximum absolute atomic E-state index is 13.1. The van der Waals surface area contributed by atoms with E-state index < -0.39 is 17.3 Å². The number of carbonyl (C=O) groups is 1. The van der Waals surface area contributed by atoms with Gasteiger partial charge in [-0.15, -0.1) is 0 Å². The molecule has 2 aromatic rings. The lowest BCUT2D eigenvalue weighted by atomic mass is 9.89. The van der Waals surface area contributed by atoms with Gasteiger partial charge < -0.3 is 20.9 Å². The van der Waals surface area contributed by atoms with Gasteiger partial charge in [0.05, 0.1) is 18.9 Å². The molecule has 0 aliphatic carbocycles. The Labute approximate surface area is 158 Å². The van der Waals surface area contributed by atoms with Crippen molar-refractivity contribution in [1.29, 1.82) is 5.26 Å². The van der Waals surface area contributed by atoms with Crippen molar-refractivity contribution in [1.82, 2.24) is 0 Å². The minimum absolute atomic E-state index is 0.132. The zero-order chi connectivity index (χ0) is 20.4. The van der Waals surface area contributed by atoms with Crippen LogP contribution in [-0.4, -0.2) is 18.6 Å². The topological polar surface area (TPSA) is 111 Å². The lowest BCUT2D eigenvalue weighted by Crippen LogP contribution is -2.51. The monoisotopic (exact) mass is 373 g/mol. The van der Waals surface area contributed by atoms with Gasteiger partial charge >= 0.3 is 5.97 Å². The highest BCUT2D eigenvalue weighted by atomic mass is 19.1. The molecule has 7 heteroatoms. The second-order valence-electron chi connectivity index (χ2n) is 6.08. The fraction of sp³-hybridized carbons (Fsp3) is 0.300. The van der Waals surface area contributed by atoms with Crippen LogP contribution in [-0.2, 0) is 16.1 Å². The van der Waals surface area contributed by atoms with E-state index in [1.807, 2.05) is 30.3 Å². The lowest BCUT2D eigenvalue weighted by Gasteiger charge is -2.21. The summed E-state index contributed by atoms with van der Waals surface area (Å²) in [4.78, 5) is 10.9. The summed E-state index contributed by atoms with van der Waals surface area (Å²) in [5.41, 5.74) is 10.5. The van der Waals surface area contributed by atoms with Crippen molar-refractivity contribution < 1.29 is 18.7 Å². The minimum Gasteiger partial charge on any atom is -0.489 e. The molecule has 2 rings (SSSR count). The highest BCUT2D eigenvalue weighted by Gasteiger charge is 2.38. The summed E-state index contributed by atoms with van der Waals surface area (Å²) in [6, 6.07) is 15.9. The molecule has 0 aromatic heterocycles. The Kier molecular flexibility index (Phi) is 8.24. The third-order valence-corrected chi connectivity index (χ3v) is 3.84. The van der Waals surface area contributed by atoms with Crippen LogP contribution in [0.3, 0.4) is 0 Å². The Morgan fingerprint density at radius 1 is 1.26 bits per heavy atom. The SMILES string of the molecule is COC(=O)C(N)(C#N)C(C)C.Nc1ccc(OCc2ccccc2)cc1F. The number of ether oxygens (including phenoxy) is 2. The van der Waals surface area contributed by atoms with Crippen molar-refractivity contribution in [3.8, 4) is 11.8 Å². The molecule has 0 radical (unpaired) electrons. The van der Waals surface area contributed by atoms with Crippen LogP contribution >= 0.6 is 0 Å². The first kappa shape index (κ1) is 21.9. The van der Waals surface area contributed by atoms with Crippen LogP contribution in [0, 0.1) is 23.1 Å². The zero-order valence-electron chi connectivity index (χ0n) is 15.6. The van der Waals surface area contributed by atoms with Crippen LogP contribution in [0.25, 0.3) is 0 Å². The number of anilines is 1. The van der Waals surface area contributed by atoms with Gasteiger partial charge in [-0.1, -0.05) is 44.2 Å². The number of carbonyl (C=O) groups excluding carboxylic acids is 1. The predicted octanol–water partition coefficient (Wildman–Crippen LogP) is 3.02. The van der Waals surface area contributed by atoms with Crippen molar-refractivity contribution in [2.45, 2.75) is 26.0 Å². The number of benzene rings is 2. The quantitative estimate of drug-likeness (QED) is 0.615. The van der Waals surface area contributed by atoms with Gasteiger partial charge in [-0.25, -0.2) is 9.18 Å². The van der Waals surface area contributed by atoms with Crippen molar-refractivity contribution in [2.75, 3.05) is 12.8 Å². The predicted molar refractivity (Wildman–Crippen MR) is 101 cm³/mol. The van der Waals surface area contributed by atoms with Crippen LogP contribution in [0.4, 0.5) is 10.1 Å². The van der Waals surface area contributed by atoms with E-state index in [2.05, 4.69) is 4.74 Å². The Bertz CT molecular complexity index is 791. The highest BCUT2D eigenvalue weighted by Crippen LogP contribution is 2.19. The Balaban J connectivity index is 0.000000293. The summed E-state index contributed by atoms with van der Waals surface area (Å²) in [6.45, 7) is 3.81. The molecule has 0 saturated carbocycles. The summed E-state index contributed by atoms with van der Waals surface area (Å²) < 4.78 is 22.9. The Morgan fingerprint density at radius 3 is 2.33 bits per heavy atom. The molecule has 0 amide bonds. The molecule has 0 fully saturated rings. The highest BCUT2D eigenvalue weighted by molar-refractivity contribution is 5.84. The third kappa shape index (κ3) is 6.28. The van der Waals surface area contributed by atoms with E-state index >= 15 is 0 Å². The molecule has 0 spiro atoms. The van der Waals surface area contributed by atoms with Gasteiger partial charge in [-0.3, -0.25) is 0 Å². The third-order valence-electron chi connectivity index (χ3n) is 3.84. The van der Waals surface area contributed by atoms with Crippen molar-refractivity contribution in [2.24, 2.45) is 11.7 Å². The first-order valence-electron chi connectivity index (χ1n) is 8.24. The molecule has 1 atom stereocenters. The molecule has 1 unspecified atom stereocenters. The molecule has 0 aliphatic heterocycles. The molecule has 27 heavy (non-hydrogen) atoms. The second kappa shape index (κ2) is 10.1. The van der Waals surface area contributed by atoms with E-state index in [0.717, 1.165) is 5.56 Å². The fourth-order valence-corrected chi connectivity index (χ4v) is 1.92. The molecular formula is C20H24FN3O3. The van der Waals surface area contributed by atoms with E-state index in [0.29, 0.717) is 12.4 Å². The van der Waals surface area contributed by atoms with E-state index in [-0.39, 0.29) is 11.6 Å². The van der Waals surface area contributed by atoms with Crippen LogP contribution in [0.5, 0.6) is 5.75 Å². The first-order valence-corrected chi connectivity index (χ1v) is 8.24. The molecule has 0 bridgehead atoms. The van der Waals surface area contributed by atoms with E-state index in [1.54, 1.807) is 26.0 Å². The molecule has 144 valence electrons. The normalized spacial score (nSPS) is 12.2. The van der Waals surface area contributed by atoms with E-state index in [4.69, 9.17) is 21.5 Å². The van der Waals surface area contributed by atoms with Crippen LogP contribution in [0.2, 0.25) is 0 Å². The van der Waals surface area contributed by atoms with Gasteiger partial charge in [0.2, 0.25) is 5.54 Å². The number of nitrogens with two attached hydrogens (primary N) is 2. The molecule has 2 aromatic carbocycles. The maximum atomic E-state index is 13.1. The summed E-state index contributed by atoms with van der Waals surface area (Å²) in [7, 11) is 1.21. The molecule has 4 N–H and O–H groups in total. The number of hydrogen-bond acceptors (Lipinski definition) is 6. The number of hydrogen-bond donors (Lipinski definition) is 2. The van der Waals surface area contributed by atoms with Crippen molar-refractivity contribution >= 4 is 11.7 Å². The number of nitrogen functional groups attached to an aromatic ring is 1. The van der Waals surface area contributed by atoms with Crippen LogP contribution in [0.15, 0.2) is 48.5 Å². The van der Waals surface area contributed by atoms with Crippen molar-refractivity contribution in [3.05, 3.63) is 59.9 Å². The smallest absolute Gasteiger partial charge is 0.340 e. The number of esters is 1. The number of nitriles is 1. The number of methoxy groups -OCH3 is 1. The molecule has 6 nitrogen and oxygen atoms in total. The van der Waals surface area contributed by atoms with Gasteiger partial charge in [0.15, 0.2) is 0 Å². The maximum Gasteiger partial charge on any atom is 0.340 e. The molecule has 0 aliphatic rings. The Morgan fingerprint density at radius 2 is 1.89 bits per heavy atom. The van der Waals surface area contributed by atoms with Gasteiger partial charge in [0.25, 0.3) is 0 Å². The average Bonchev–Trinajstić information content (AvgIpc) is 2.68. The van der Waals surface area contributed by atoms with Gasteiger partial charge in [-0.05, 0) is 23.6 Å². The second-order valence-corrected chi connectivity index (χ2v) is 6.08.